The number of nitrogens with one attached hydrogen (secondary N) is 2. The van der Waals surface area contributed by atoms with Gasteiger partial charge in [-0.25, -0.2) is 23.4 Å². The van der Waals surface area contributed by atoms with Gasteiger partial charge in [-0.1, -0.05) is 23.7 Å². The van der Waals surface area contributed by atoms with Gasteiger partial charge in [0.1, 0.15) is 34.3 Å². The van der Waals surface area contributed by atoms with E-state index in [4.69, 9.17) is 16.3 Å². The average Bonchev–Trinajstić information content (AvgIpc) is 3.55. The zero-order valence-corrected chi connectivity index (χ0v) is 25.7. The quantitative estimate of drug-likeness (QED) is 0.219. The molecule has 1 atom stereocenters. The summed E-state index contributed by atoms with van der Waals surface area (Å²) in [5.41, 5.74) is 1.73. The second kappa shape index (κ2) is 12.6. The van der Waals surface area contributed by atoms with E-state index in [2.05, 4.69) is 25.6 Å². The van der Waals surface area contributed by atoms with E-state index in [0.29, 0.717) is 41.5 Å². The lowest BCUT2D eigenvalue weighted by Crippen LogP contribution is -2.39. The van der Waals surface area contributed by atoms with Crippen molar-refractivity contribution in [1.82, 2.24) is 20.3 Å². The molecule has 2 N–H and O–H groups in total. The Morgan fingerprint density at radius 3 is 2.70 bits per heavy atom. The highest BCUT2D eigenvalue weighted by atomic mass is 35.5. The number of thiazole rings is 1. The van der Waals surface area contributed by atoms with Crippen LogP contribution in [0.3, 0.4) is 0 Å². The van der Waals surface area contributed by atoms with Gasteiger partial charge in [-0.2, -0.15) is 13.2 Å². The number of benzene rings is 2. The van der Waals surface area contributed by atoms with Crippen LogP contribution in [0, 0.1) is 0 Å². The van der Waals surface area contributed by atoms with E-state index < -0.39 is 33.4 Å². The molecular weight excluding hydrogens is 641 g/mol. The number of anilines is 3. The van der Waals surface area contributed by atoms with E-state index in [1.165, 1.54) is 6.33 Å². The number of carbonyl (C=O) groups excluding carboxylic acids is 1. The van der Waals surface area contributed by atoms with Crippen molar-refractivity contribution in [3.05, 3.63) is 70.6 Å². The van der Waals surface area contributed by atoms with Crippen LogP contribution in [0.5, 0.6) is 11.5 Å². The fraction of sp³-hybridized carbons (Fsp3) is 0.286. The summed E-state index contributed by atoms with van der Waals surface area (Å²) in [5.74, 6) is 0.0918. The molecule has 44 heavy (non-hydrogen) atoms. The molecule has 1 aliphatic heterocycles. The van der Waals surface area contributed by atoms with E-state index >= 15 is 0 Å². The molecule has 232 valence electrons. The Bertz CT molecular complexity index is 1800. The van der Waals surface area contributed by atoms with E-state index in [9.17, 15) is 26.4 Å². The lowest BCUT2D eigenvalue weighted by atomic mass is 10.2. The number of amides is 1. The van der Waals surface area contributed by atoms with Gasteiger partial charge in [-0.3, -0.25) is 4.79 Å². The van der Waals surface area contributed by atoms with Crippen LogP contribution in [0.25, 0.3) is 10.6 Å². The van der Waals surface area contributed by atoms with Gasteiger partial charge < -0.3 is 20.3 Å². The molecule has 5 rings (SSSR count). The number of aromatic nitrogens is 3. The number of rotatable bonds is 10. The maximum absolute atomic E-state index is 13.0. The summed E-state index contributed by atoms with van der Waals surface area (Å²) in [7, 11) is -3.43. The third-order valence-corrected chi connectivity index (χ3v) is 8.55. The minimum atomic E-state index is -4.52. The summed E-state index contributed by atoms with van der Waals surface area (Å²) >= 11 is 7.43. The molecule has 16 heteroatoms. The highest BCUT2D eigenvalue weighted by Crippen LogP contribution is 2.39. The van der Waals surface area contributed by atoms with Gasteiger partial charge in [0.25, 0.3) is 0 Å². The Hall–Kier alpha value is -3.95. The van der Waals surface area contributed by atoms with Gasteiger partial charge in [-0.15, -0.1) is 11.3 Å². The van der Waals surface area contributed by atoms with Gasteiger partial charge in [0, 0.05) is 48.4 Å². The zero-order chi connectivity index (χ0) is 31.6. The molecule has 10 nitrogen and oxygen atoms in total. The Morgan fingerprint density at radius 1 is 1.20 bits per heavy atom. The third kappa shape index (κ3) is 7.57. The minimum absolute atomic E-state index is 0.0635. The Kier molecular flexibility index (Phi) is 9.00. The molecule has 0 radical (unpaired) electrons. The minimum Gasteiger partial charge on any atom is -0.456 e. The predicted molar refractivity (Wildman–Crippen MR) is 163 cm³/mol. The standard InChI is InChI=1S/C28H26ClF3N6O4S2/c1-16-10-21-25(38(16)9-8-33-24(39)14-44(2,40)41)26(35-15-34-21)36-18-6-7-22(20(29)12-18)42-19-5-3-4-17(11-19)27-37-23(13-43-27)28(30,31)32/h3-7,11-13,15-16H,8-10,14H2,1-2H3,(H,33,39)(H,34,35,36). The van der Waals surface area contributed by atoms with Crippen molar-refractivity contribution in [1.29, 1.82) is 0 Å². The number of halogens is 4. The third-order valence-electron chi connectivity index (χ3n) is 6.57. The highest BCUT2D eigenvalue weighted by molar-refractivity contribution is 7.91. The summed E-state index contributed by atoms with van der Waals surface area (Å²) in [6, 6.07) is 11.7. The summed E-state index contributed by atoms with van der Waals surface area (Å²) in [4.78, 5) is 26.5. The molecular formula is C28H26ClF3N6O4S2. The lowest BCUT2D eigenvalue weighted by molar-refractivity contribution is -0.140. The monoisotopic (exact) mass is 666 g/mol. The van der Waals surface area contributed by atoms with Crippen molar-refractivity contribution >= 4 is 55.9 Å². The second-order valence-corrected chi connectivity index (χ2v) is 13.5. The Balaban J connectivity index is 1.28. The van der Waals surface area contributed by atoms with Crippen molar-refractivity contribution in [2.75, 3.05) is 35.3 Å². The van der Waals surface area contributed by atoms with E-state index in [1.807, 2.05) is 11.8 Å². The summed E-state index contributed by atoms with van der Waals surface area (Å²) in [6.45, 7) is 2.67. The summed E-state index contributed by atoms with van der Waals surface area (Å²) < 4.78 is 67.6. The van der Waals surface area contributed by atoms with Crippen molar-refractivity contribution in [2.24, 2.45) is 0 Å². The SMILES string of the molecule is CC1Cc2ncnc(Nc3ccc(Oc4cccc(-c5nc(C(F)(F)F)cs5)c4)c(Cl)c3)c2N1CCNC(=O)CS(C)(=O)=O. The maximum atomic E-state index is 13.0. The van der Waals surface area contributed by atoms with Crippen molar-refractivity contribution < 1.29 is 31.1 Å². The molecule has 2 aromatic carbocycles. The molecule has 3 heterocycles. The molecule has 4 aromatic rings. The van der Waals surface area contributed by atoms with Crippen LogP contribution in [-0.2, 0) is 27.2 Å². The summed E-state index contributed by atoms with van der Waals surface area (Å²) in [6.07, 6.45) is -1.40. The number of sulfone groups is 1. The number of nitrogens with zero attached hydrogens (tertiary/aromatic N) is 4. The predicted octanol–water partition coefficient (Wildman–Crippen LogP) is 5.72. The van der Waals surface area contributed by atoms with Crippen LogP contribution in [0.1, 0.15) is 18.3 Å². The number of alkyl halides is 3. The molecule has 1 aliphatic rings. The molecule has 1 unspecified atom stereocenters. The largest absolute Gasteiger partial charge is 0.456 e. The van der Waals surface area contributed by atoms with Crippen LogP contribution in [0.2, 0.25) is 5.02 Å². The van der Waals surface area contributed by atoms with Gasteiger partial charge in [-0.05, 0) is 37.3 Å². The van der Waals surface area contributed by atoms with E-state index in [-0.39, 0.29) is 22.6 Å². The Morgan fingerprint density at radius 2 is 2.00 bits per heavy atom. The van der Waals surface area contributed by atoms with Crippen molar-refractivity contribution in [2.45, 2.75) is 25.6 Å². The smallest absolute Gasteiger partial charge is 0.434 e. The molecule has 1 amide bonds. The highest BCUT2D eigenvalue weighted by Gasteiger charge is 2.34. The number of ether oxygens (including phenoxy) is 1. The van der Waals surface area contributed by atoms with Crippen LogP contribution in [-0.4, -0.2) is 60.4 Å². The van der Waals surface area contributed by atoms with Gasteiger partial charge in [0.05, 0.1) is 10.7 Å². The van der Waals surface area contributed by atoms with Crippen LogP contribution >= 0.6 is 22.9 Å². The normalized spacial score (nSPS) is 14.8. The van der Waals surface area contributed by atoms with Crippen molar-refractivity contribution in [3.8, 4) is 22.1 Å². The molecule has 0 fully saturated rings. The molecule has 0 aliphatic carbocycles. The molecule has 0 saturated heterocycles. The fourth-order valence-electron chi connectivity index (χ4n) is 4.66. The van der Waals surface area contributed by atoms with Gasteiger partial charge in [0.2, 0.25) is 5.91 Å². The molecule has 0 saturated carbocycles. The average molecular weight is 667 g/mol. The fourth-order valence-corrected chi connectivity index (χ4v) is 6.28. The van der Waals surface area contributed by atoms with Crippen LogP contribution < -0.4 is 20.3 Å². The number of hydrogen-bond donors (Lipinski definition) is 2. The zero-order valence-electron chi connectivity index (χ0n) is 23.4. The first-order valence-corrected chi connectivity index (χ1v) is 16.5. The van der Waals surface area contributed by atoms with Crippen LogP contribution in [0.4, 0.5) is 30.4 Å². The second-order valence-electron chi connectivity index (χ2n) is 10.1. The number of fused-ring (bicyclic) bond motifs is 1. The molecule has 0 spiro atoms. The van der Waals surface area contributed by atoms with Gasteiger partial charge >= 0.3 is 6.18 Å². The first kappa shape index (κ1) is 31.5. The van der Waals surface area contributed by atoms with Gasteiger partial charge in [0.15, 0.2) is 21.3 Å². The van der Waals surface area contributed by atoms with Crippen molar-refractivity contribution in [3.63, 3.8) is 0 Å². The summed E-state index contributed by atoms with van der Waals surface area (Å²) in [5, 5.41) is 7.36. The number of hydrogen-bond acceptors (Lipinski definition) is 10. The van der Waals surface area contributed by atoms with E-state index in [1.54, 1.807) is 42.5 Å². The first-order chi connectivity index (χ1) is 20.8. The molecule has 2 aromatic heterocycles. The topological polar surface area (TPSA) is 126 Å². The first-order valence-electron chi connectivity index (χ1n) is 13.2. The Labute approximate surface area is 260 Å². The molecule has 0 bridgehead atoms. The number of carbonyl (C=O) groups is 1. The van der Waals surface area contributed by atoms with Crippen LogP contribution in [0.15, 0.2) is 54.2 Å². The lowest BCUT2D eigenvalue weighted by Gasteiger charge is -2.26. The maximum Gasteiger partial charge on any atom is 0.434 e. The van der Waals surface area contributed by atoms with E-state index in [0.717, 1.165) is 34.4 Å².